The Morgan fingerprint density at radius 3 is 2.39 bits per heavy atom. The van der Waals surface area contributed by atoms with Gasteiger partial charge in [0.1, 0.15) is 0 Å². The molecular formula is C16H34N4O2S. The molecule has 7 heteroatoms. The highest BCUT2D eigenvalue weighted by Crippen LogP contribution is 2.19. The highest BCUT2D eigenvalue weighted by Gasteiger charge is 2.32. The topological polar surface area (TPSA) is 73.8 Å². The molecule has 6 nitrogen and oxygen atoms in total. The number of nitrogens with one attached hydrogen (secondary N) is 2. The zero-order valence-electron chi connectivity index (χ0n) is 15.7. The van der Waals surface area contributed by atoms with E-state index in [9.17, 15) is 8.42 Å². The predicted octanol–water partition coefficient (Wildman–Crippen LogP) is 1.09. The third-order valence-corrected chi connectivity index (χ3v) is 6.80. The van der Waals surface area contributed by atoms with Crippen LogP contribution in [0.4, 0.5) is 0 Å². The predicted molar refractivity (Wildman–Crippen MR) is 97.7 cm³/mol. The molecule has 0 amide bonds. The van der Waals surface area contributed by atoms with Crippen LogP contribution in [0.25, 0.3) is 0 Å². The number of guanidine groups is 1. The van der Waals surface area contributed by atoms with Gasteiger partial charge in [0, 0.05) is 38.0 Å². The summed E-state index contributed by atoms with van der Waals surface area (Å²) in [5.74, 6) is 1.23. The molecule has 2 N–H and O–H groups in total. The Morgan fingerprint density at radius 1 is 1.35 bits per heavy atom. The van der Waals surface area contributed by atoms with Crippen molar-refractivity contribution in [2.75, 3.05) is 32.4 Å². The summed E-state index contributed by atoms with van der Waals surface area (Å²) in [5, 5.41) is 6.70. The maximum atomic E-state index is 11.8. The van der Waals surface area contributed by atoms with Crippen LogP contribution < -0.4 is 10.6 Å². The summed E-state index contributed by atoms with van der Waals surface area (Å²) in [7, 11) is -3.14. The van der Waals surface area contributed by atoms with Gasteiger partial charge in [-0.25, -0.2) is 8.42 Å². The summed E-state index contributed by atoms with van der Waals surface area (Å²) in [6.07, 6.45) is 1.27. The van der Waals surface area contributed by atoms with Gasteiger partial charge in [-0.05, 0) is 40.5 Å². The first-order valence-corrected chi connectivity index (χ1v) is 10.4. The lowest BCUT2D eigenvalue weighted by Gasteiger charge is -2.24. The monoisotopic (exact) mass is 346 g/mol. The summed E-state index contributed by atoms with van der Waals surface area (Å²) in [5.41, 5.74) is 0. The van der Waals surface area contributed by atoms with Gasteiger partial charge in [0.25, 0.3) is 0 Å². The molecular weight excluding hydrogens is 312 g/mol. The minimum absolute atomic E-state index is 0.246. The van der Waals surface area contributed by atoms with Crippen LogP contribution in [0.3, 0.4) is 0 Å². The third-order valence-electron chi connectivity index (χ3n) is 4.66. The lowest BCUT2D eigenvalue weighted by molar-refractivity contribution is 0.265. The molecule has 2 atom stereocenters. The molecule has 0 aliphatic carbocycles. The molecule has 136 valence electrons. The van der Waals surface area contributed by atoms with Crippen molar-refractivity contribution in [2.24, 2.45) is 10.9 Å². The number of hydrogen-bond donors (Lipinski definition) is 2. The highest BCUT2D eigenvalue weighted by atomic mass is 32.2. The van der Waals surface area contributed by atoms with E-state index >= 15 is 0 Å². The van der Waals surface area contributed by atoms with Crippen molar-refractivity contribution in [3.05, 3.63) is 0 Å². The van der Waals surface area contributed by atoms with E-state index in [2.05, 4.69) is 41.3 Å². The number of likely N-dealkylation sites (tertiary alicyclic amines) is 1. The van der Waals surface area contributed by atoms with Crippen molar-refractivity contribution < 1.29 is 8.42 Å². The molecule has 23 heavy (non-hydrogen) atoms. The zero-order valence-corrected chi connectivity index (χ0v) is 16.5. The quantitative estimate of drug-likeness (QED) is 0.556. The van der Waals surface area contributed by atoms with Crippen LogP contribution in [0.1, 0.15) is 41.5 Å². The van der Waals surface area contributed by atoms with Crippen LogP contribution in [0.5, 0.6) is 0 Å². The summed E-state index contributed by atoms with van der Waals surface area (Å²) in [6, 6.07) is 0.865. The van der Waals surface area contributed by atoms with Crippen molar-refractivity contribution in [1.29, 1.82) is 0 Å². The SMILES string of the molecule is CCNC(=NCC(C)(C)S(C)(=O)=O)NC1CN(C(C)C)CC1C. The number of aliphatic imine (C=N–C) groups is 1. The lowest BCUT2D eigenvalue weighted by Crippen LogP contribution is -2.47. The second-order valence-corrected chi connectivity index (χ2v) is 10.2. The van der Waals surface area contributed by atoms with Crippen molar-refractivity contribution in [3.8, 4) is 0 Å². The second-order valence-electron chi connectivity index (χ2n) is 7.50. The average molecular weight is 347 g/mol. The average Bonchev–Trinajstić information content (AvgIpc) is 2.77. The van der Waals surface area contributed by atoms with Crippen molar-refractivity contribution in [1.82, 2.24) is 15.5 Å². The highest BCUT2D eigenvalue weighted by molar-refractivity contribution is 7.92. The van der Waals surface area contributed by atoms with Gasteiger partial charge in [0.2, 0.25) is 0 Å². The summed E-state index contributed by atoms with van der Waals surface area (Å²) < 4.78 is 22.8. The van der Waals surface area contributed by atoms with E-state index in [4.69, 9.17) is 0 Å². The van der Waals surface area contributed by atoms with Crippen LogP contribution in [0.15, 0.2) is 4.99 Å². The first-order valence-electron chi connectivity index (χ1n) is 8.46. The van der Waals surface area contributed by atoms with Crippen LogP contribution in [0.2, 0.25) is 0 Å². The Labute approximate surface area is 142 Å². The molecule has 0 aromatic heterocycles. The molecule has 1 saturated heterocycles. The smallest absolute Gasteiger partial charge is 0.191 e. The van der Waals surface area contributed by atoms with E-state index in [1.165, 1.54) is 6.26 Å². The Morgan fingerprint density at radius 2 is 1.96 bits per heavy atom. The van der Waals surface area contributed by atoms with E-state index in [0.717, 1.165) is 19.6 Å². The van der Waals surface area contributed by atoms with Crippen molar-refractivity contribution in [3.63, 3.8) is 0 Å². The fourth-order valence-electron chi connectivity index (χ4n) is 2.50. The zero-order chi connectivity index (χ0) is 17.8. The Hall–Kier alpha value is -0.820. The van der Waals surface area contributed by atoms with Crippen LogP contribution in [0, 0.1) is 5.92 Å². The van der Waals surface area contributed by atoms with Gasteiger partial charge in [0.15, 0.2) is 15.8 Å². The fourth-order valence-corrected chi connectivity index (χ4v) is 2.80. The van der Waals surface area contributed by atoms with Gasteiger partial charge >= 0.3 is 0 Å². The van der Waals surface area contributed by atoms with E-state index in [-0.39, 0.29) is 6.54 Å². The van der Waals surface area contributed by atoms with Gasteiger partial charge in [0.05, 0.1) is 11.3 Å². The maximum Gasteiger partial charge on any atom is 0.191 e. The standard InChI is InChI=1S/C16H34N4O2S/c1-8-17-15(18-11-16(5,6)23(7,21)22)19-14-10-20(12(2)3)9-13(14)4/h12-14H,8-11H2,1-7H3,(H2,17,18,19). The van der Waals surface area contributed by atoms with Crippen LogP contribution >= 0.6 is 0 Å². The van der Waals surface area contributed by atoms with E-state index < -0.39 is 14.6 Å². The number of nitrogens with zero attached hydrogens (tertiary/aromatic N) is 2. The molecule has 0 bridgehead atoms. The molecule has 1 rings (SSSR count). The Bertz CT molecular complexity index is 514. The van der Waals surface area contributed by atoms with Crippen molar-refractivity contribution >= 4 is 15.8 Å². The van der Waals surface area contributed by atoms with Gasteiger partial charge in [-0.3, -0.25) is 9.89 Å². The Kier molecular flexibility index (Phi) is 6.89. The minimum Gasteiger partial charge on any atom is -0.357 e. The molecule has 1 heterocycles. The largest absolute Gasteiger partial charge is 0.357 e. The molecule has 0 saturated carbocycles. The number of rotatable bonds is 6. The van der Waals surface area contributed by atoms with E-state index in [1.807, 2.05) is 6.92 Å². The first-order chi connectivity index (χ1) is 10.5. The normalized spacial score (nSPS) is 24.3. The number of sulfone groups is 1. The Balaban J connectivity index is 2.78. The minimum atomic E-state index is -3.14. The molecule has 1 aliphatic rings. The van der Waals surface area contributed by atoms with Gasteiger partial charge < -0.3 is 10.6 Å². The first kappa shape index (κ1) is 20.2. The maximum absolute atomic E-state index is 11.8. The van der Waals surface area contributed by atoms with Gasteiger partial charge in [-0.2, -0.15) is 0 Å². The van der Waals surface area contributed by atoms with Gasteiger partial charge in [-0.1, -0.05) is 6.92 Å². The fraction of sp³-hybridized carbons (Fsp3) is 0.938. The summed E-state index contributed by atoms with van der Waals surface area (Å²) in [4.78, 5) is 6.97. The second kappa shape index (κ2) is 7.83. The molecule has 0 aromatic rings. The summed E-state index contributed by atoms with van der Waals surface area (Å²) >= 11 is 0. The molecule has 1 fully saturated rings. The number of hydrogen-bond acceptors (Lipinski definition) is 4. The van der Waals surface area contributed by atoms with Crippen LogP contribution in [-0.2, 0) is 9.84 Å². The molecule has 0 aromatic carbocycles. The molecule has 2 unspecified atom stereocenters. The van der Waals surface area contributed by atoms with Gasteiger partial charge in [-0.15, -0.1) is 0 Å². The molecule has 0 spiro atoms. The van der Waals surface area contributed by atoms with Crippen LogP contribution in [-0.4, -0.2) is 68.5 Å². The van der Waals surface area contributed by atoms with E-state index in [0.29, 0.717) is 24.0 Å². The lowest BCUT2D eigenvalue weighted by atomic mass is 10.1. The molecule has 1 aliphatic heterocycles. The van der Waals surface area contributed by atoms with Crippen molar-refractivity contribution in [2.45, 2.75) is 58.4 Å². The third kappa shape index (κ3) is 5.64. The van der Waals surface area contributed by atoms with E-state index in [1.54, 1.807) is 13.8 Å². The molecule has 0 radical (unpaired) electrons. The summed E-state index contributed by atoms with van der Waals surface area (Å²) in [6.45, 7) is 15.2.